The number of carbonyl (C=O) groups excluding carboxylic acids is 1. The van der Waals surface area contributed by atoms with E-state index >= 15 is 0 Å². The summed E-state index contributed by atoms with van der Waals surface area (Å²) in [5.74, 6) is 1.87. The molecular weight excluding hydrogens is 400 g/mol. The second kappa shape index (κ2) is 7.73. The third-order valence-electron chi connectivity index (χ3n) is 4.23. The zero-order valence-electron chi connectivity index (χ0n) is 15.2. The van der Waals surface area contributed by atoms with E-state index < -0.39 is 0 Å². The van der Waals surface area contributed by atoms with Crippen molar-refractivity contribution in [1.82, 2.24) is 14.8 Å². The summed E-state index contributed by atoms with van der Waals surface area (Å²) < 4.78 is 12.5. The molecule has 3 aromatic rings. The van der Waals surface area contributed by atoms with Gasteiger partial charge in [-0.3, -0.25) is 4.79 Å². The van der Waals surface area contributed by atoms with Crippen molar-refractivity contribution in [2.24, 2.45) is 7.05 Å². The smallest absolute Gasteiger partial charge is 0.237 e. The van der Waals surface area contributed by atoms with Crippen LogP contribution in [0.3, 0.4) is 0 Å². The maximum absolute atomic E-state index is 12.6. The number of fused-ring (bicyclic) bond motifs is 1. The van der Waals surface area contributed by atoms with Gasteiger partial charge in [0.05, 0.1) is 5.25 Å². The number of aromatic nitrogens is 3. The molecule has 1 amide bonds. The van der Waals surface area contributed by atoms with Crippen LogP contribution in [0.4, 0.5) is 5.69 Å². The van der Waals surface area contributed by atoms with Crippen molar-refractivity contribution in [1.29, 1.82) is 0 Å². The van der Waals surface area contributed by atoms with Crippen LogP contribution < -0.4 is 14.8 Å². The number of hydrogen-bond acceptors (Lipinski definition) is 6. The van der Waals surface area contributed by atoms with E-state index in [0.29, 0.717) is 33.2 Å². The molecule has 4 rings (SSSR count). The average molecular weight is 417 g/mol. The van der Waals surface area contributed by atoms with Crippen molar-refractivity contribution < 1.29 is 14.3 Å². The van der Waals surface area contributed by atoms with Crippen molar-refractivity contribution in [3.8, 4) is 22.9 Å². The van der Waals surface area contributed by atoms with E-state index in [0.717, 1.165) is 5.56 Å². The van der Waals surface area contributed by atoms with E-state index in [2.05, 4.69) is 15.5 Å². The van der Waals surface area contributed by atoms with Crippen LogP contribution in [0.15, 0.2) is 47.6 Å². The Morgan fingerprint density at radius 1 is 1.18 bits per heavy atom. The lowest BCUT2D eigenvalue weighted by atomic mass is 10.2. The third-order valence-corrected chi connectivity index (χ3v) is 5.61. The molecule has 1 N–H and O–H groups in total. The van der Waals surface area contributed by atoms with Gasteiger partial charge in [0.15, 0.2) is 22.5 Å². The van der Waals surface area contributed by atoms with Crippen molar-refractivity contribution in [2.75, 3.05) is 12.1 Å². The highest BCUT2D eigenvalue weighted by Gasteiger charge is 2.21. The first-order valence-corrected chi connectivity index (χ1v) is 9.79. The first kappa shape index (κ1) is 18.6. The van der Waals surface area contributed by atoms with Crippen LogP contribution in [0.25, 0.3) is 11.4 Å². The number of nitrogens with one attached hydrogen (secondary N) is 1. The Hall–Kier alpha value is -2.71. The summed E-state index contributed by atoms with van der Waals surface area (Å²) >= 11 is 7.28. The molecule has 1 aliphatic heterocycles. The second-order valence-corrected chi connectivity index (χ2v) is 7.93. The molecule has 1 aliphatic rings. The van der Waals surface area contributed by atoms with E-state index in [1.165, 1.54) is 11.8 Å². The number of amides is 1. The first-order chi connectivity index (χ1) is 13.5. The Balaban J connectivity index is 1.44. The quantitative estimate of drug-likeness (QED) is 0.634. The van der Waals surface area contributed by atoms with Crippen LogP contribution in [-0.2, 0) is 11.8 Å². The number of nitrogens with zero attached hydrogens (tertiary/aromatic N) is 3. The highest BCUT2D eigenvalue weighted by Crippen LogP contribution is 2.34. The molecule has 0 saturated carbocycles. The predicted octanol–water partition coefficient (Wildman–Crippen LogP) is 3.98. The minimum absolute atomic E-state index is 0.139. The summed E-state index contributed by atoms with van der Waals surface area (Å²) in [5, 5.41) is 12.3. The monoisotopic (exact) mass is 416 g/mol. The Labute approximate surface area is 171 Å². The molecule has 1 atom stereocenters. The largest absolute Gasteiger partial charge is 0.454 e. The minimum Gasteiger partial charge on any atom is -0.454 e. The summed E-state index contributed by atoms with van der Waals surface area (Å²) in [6.07, 6.45) is 0. The van der Waals surface area contributed by atoms with Crippen LogP contribution >= 0.6 is 23.4 Å². The normalized spacial score (nSPS) is 13.4. The topological polar surface area (TPSA) is 78.3 Å². The summed E-state index contributed by atoms with van der Waals surface area (Å²) in [6.45, 7) is 2.02. The Morgan fingerprint density at radius 2 is 1.93 bits per heavy atom. The molecule has 0 bridgehead atoms. The molecular formula is C19H17ClN4O3S. The maximum atomic E-state index is 12.6. The van der Waals surface area contributed by atoms with Gasteiger partial charge in [-0.05, 0) is 43.3 Å². The van der Waals surface area contributed by atoms with Gasteiger partial charge in [0.25, 0.3) is 0 Å². The van der Waals surface area contributed by atoms with Gasteiger partial charge in [-0.2, -0.15) is 0 Å². The number of anilines is 1. The van der Waals surface area contributed by atoms with Crippen molar-refractivity contribution >= 4 is 35.0 Å². The van der Waals surface area contributed by atoms with Crippen LogP contribution in [0.1, 0.15) is 6.92 Å². The molecule has 0 aliphatic carbocycles. The highest BCUT2D eigenvalue weighted by atomic mass is 35.5. The van der Waals surface area contributed by atoms with Crippen LogP contribution in [0.2, 0.25) is 5.02 Å². The fourth-order valence-corrected chi connectivity index (χ4v) is 3.64. The van der Waals surface area contributed by atoms with E-state index in [1.807, 2.05) is 30.7 Å². The zero-order valence-corrected chi connectivity index (χ0v) is 16.8. The molecule has 28 heavy (non-hydrogen) atoms. The van der Waals surface area contributed by atoms with E-state index in [1.54, 1.807) is 30.3 Å². The molecule has 2 heterocycles. The highest BCUT2D eigenvalue weighted by molar-refractivity contribution is 8.00. The van der Waals surface area contributed by atoms with Gasteiger partial charge in [0.2, 0.25) is 12.7 Å². The first-order valence-electron chi connectivity index (χ1n) is 8.54. The summed E-state index contributed by atoms with van der Waals surface area (Å²) in [6, 6.07) is 12.7. The third kappa shape index (κ3) is 3.79. The molecule has 0 spiro atoms. The zero-order chi connectivity index (χ0) is 19.7. The molecule has 144 valence electrons. The standard InChI is InChI=1S/C19H17ClN4O3S/c1-11(18(25)21-14-7-8-15-16(9-14)27-10-26-15)28-19-23-22-17(24(19)2)12-3-5-13(20)6-4-12/h3-9,11H,10H2,1-2H3,(H,21,25). The fourth-order valence-electron chi connectivity index (χ4n) is 2.70. The summed E-state index contributed by atoms with van der Waals surface area (Å²) in [4.78, 5) is 12.6. The fraction of sp³-hybridized carbons (Fsp3) is 0.211. The van der Waals surface area contributed by atoms with E-state index in [-0.39, 0.29) is 18.0 Å². The van der Waals surface area contributed by atoms with Gasteiger partial charge in [0.1, 0.15) is 0 Å². The summed E-state index contributed by atoms with van der Waals surface area (Å²) in [7, 11) is 1.87. The maximum Gasteiger partial charge on any atom is 0.237 e. The van der Waals surface area contributed by atoms with Crippen LogP contribution in [0, 0.1) is 0 Å². The number of ether oxygens (including phenoxy) is 2. The van der Waals surface area contributed by atoms with Gasteiger partial charge in [-0.15, -0.1) is 10.2 Å². The van der Waals surface area contributed by atoms with Crippen LogP contribution in [0.5, 0.6) is 11.5 Å². The second-order valence-electron chi connectivity index (χ2n) is 6.19. The molecule has 2 aromatic carbocycles. The van der Waals surface area contributed by atoms with Gasteiger partial charge < -0.3 is 19.4 Å². The van der Waals surface area contributed by atoms with E-state index in [4.69, 9.17) is 21.1 Å². The van der Waals surface area contributed by atoms with Gasteiger partial charge >= 0.3 is 0 Å². The van der Waals surface area contributed by atoms with Crippen LogP contribution in [-0.4, -0.2) is 32.7 Å². The molecule has 0 radical (unpaired) electrons. The molecule has 7 nitrogen and oxygen atoms in total. The van der Waals surface area contributed by atoms with E-state index in [9.17, 15) is 4.79 Å². The molecule has 1 unspecified atom stereocenters. The Morgan fingerprint density at radius 3 is 2.71 bits per heavy atom. The lowest BCUT2D eigenvalue weighted by Crippen LogP contribution is -2.22. The number of halogens is 1. The van der Waals surface area contributed by atoms with Gasteiger partial charge in [-0.25, -0.2) is 0 Å². The Bertz CT molecular complexity index is 1020. The molecule has 1 aromatic heterocycles. The molecule has 0 fully saturated rings. The summed E-state index contributed by atoms with van der Waals surface area (Å²) in [5.41, 5.74) is 1.56. The SMILES string of the molecule is CC(Sc1nnc(-c2ccc(Cl)cc2)n1C)C(=O)Nc1ccc2c(c1)OCO2. The van der Waals surface area contributed by atoms with Crippen molar-refractivity contribution in [2.45, 2.75) is 17.3 Å². The van der Waals surface area contributed by atoms with Crippen molar-refractivity contribution in [3.05, 3.63) is 47.5 Å². The van der Waals surface area contributed by atoms with Gasteiger partial charge in [-0.1, -0.05) is 23.4 Å². The number of rotatable bonds is 5. The number of benzene rings is 2. The number of hydrogen-bond donors (Lipinski definition) is 1. The lowest BCUT2D eigenvalue weighted by Gasteiger charge is -2.12. The number of carbonyl (C=O) groups is 1. The lowest BCUT2D eigenvalue weighted by molar-refractivity contribution is -0.115. The number of thioether (sulfide) groups is 1. The Kier molecular flexibility index (Phi) is 5.15. The van der Waals surface area contributed by atoms with Gasteiger partial charge in [0, 0.05) is 29.4 Å². The molecule has 9 heteroatoms. The van der Waals surface area contributed by atoms with Crippen molar-refractivity contribution in [3.63, 3.8) is 0 Å². The molecule has 0 saturated heterocycles. The predicted molar refractivity (Wildman–Crippen MR) is 108 cm³/mol. The minimum atomic E-state index is -0.369. The average Bonchev–Trinajstić information content (AvgIpc) is 3.29.